The highest BCUT2D eigenvalue weighted by atomic mass is 32.2. The van der Waals surface area contributed by atoms with Crippen LogP contribution < -0.4 is 5.32 Å². The van der Waals surface area contributed by atoms with E-state index in [9.17, 15) is 4.79 Å². The molecule has 1 N–H and O–H groups in total. The molecule has 5 aromatic rings. The Morgan fingerprint density at radius 3 is 1.97 bits per heavy atom. The van der Waals surface area contributed by atoms with Crippen LogP contribution in [-0.4, -0.2) is 26.4 Å². The van der Waals surface area contributed by atoms with Crippen LogP contribution in [0.1, 0.15) is 28.3 Å². The quantitative estimate of drug-likeness (QED) is 0.244. The summed E-state index contributed by atoms with van der Waals surface area (Å²) in [5.74, 6) is 0.894. The van der Waals surface area contributed by atoms with E-state index in [1.54, 1.807) is 0 Å². The summed E-state index contributed by atoms with van der Waals surface area (Å²) >= 11 is 1.39. The molecule has 5 nitrogen and oxygen atoms in total. The normalized spacial score (nSPS) is 11.0. The highest BCUT2D eigenvalue weighted by molar-refractivity contribution is 7.99. The van der Waals surface area contributed by atoms with Crippen LogP contribution in [0.2, 0.25) is 0 Å². The number of hydrogen-bond acceptors (Lipinski definition) is 4. The molecule has 4 aromatic carbocycles. The molecule has 184 valence electrons. The number of aromatic nitrogens is 3. The van der Waals surface area contributed by atoms with Gasteiger partial charge in [0.25, 0.3) is 0 Å². The first-order valence-corrected chi connectivity index (χ1v) is 13.2. The zero-order chi connectivity index (χ0) is 25.6. The van der Waals surface area contributed by atoms with E-state index in [2.05, 4.69) is 47.6 Å². The lowest BCUT2D eigenvalue weighted by Crippen LogP contribution is -2.30. The van der Waals surface area contributed by atoms with Gasteiger partial charge in [-0.25, -0.2) is 0 Å². The van der Waals surface area contributed by atoms with Crippen LogP contribution >= 0.6 is 11.8 Å². The number of thioether (sulfide) groups is 1. The summed E-state index contributed by atoms with van der Waals surface area (Å²) in [6.45, 7) is 4.19. The first-order chi connectivity index (χ1) is 18.1. The van der Waals surface area contributed by atoms with Crippen LogP contribution in [-0.2, 0) is 4.79 Å². The second-order valence-corrected chi connectivity index (χ2v) is 9.83. The molecule has 0 saturated carbocycles. The average Bonchev–Trinajstić information content (AvgIpc) is 3.37. The molecule has 37 heavy (non-hydrogen) atoms. The lowest BCUT2D eigenvalue weighted by Gasteiger charge is -2.20. The molecule has 0 fully saturated rings. The van der Waals surface area contributed by atoms with Crippen molar-refractivity contribution in [1.82, 2.24) is 20.1 Å². The fraction of sp³-hybridized carbons (Fsp3) is 0.129. The van der Waals surface area contributed by atoms with Gasteiger partial charge in [-0.3, -0.25) is 9.36 Å². The Morgan fingerprint density at radius 2 is 1.38 bits per heavy atom. The van der Waals surface area contributed by atoms with Gasteiger partial charge >= 0.3 is 0 Å². The van der Waals surface area contributed by atoms with Crippen LogP contribution in [0.15, 0.2) is 114 Å². The van der Waals surface area contributed by atoms with Gasteiger partial charge in [-0.15, -0.1) is 10.2 Å². The van der Waals surface area contributed by atoms with E-state index in [1.165, 1.54) is 22.9 Å². The summed E-state index contributed by atoms with van der Waals surface area (Å²) in [4.78, 5) is 13.2. The summed E-state index contributed by atoms with van der Waals surface area (Å²) < 4.78 is 2.03. The largest absolute Gasteiger partial charge is 0.344 e. The standard InChI is InChI=1S/C31H28N4OS/c1-22-18-19-27(20-23(22)2)35-30(26-16-10-5-11-17-26)33-34-31(35)37-21-28(36)32-29(24-12-6-3-7-13-24)25-14-8-4-9-15-25/h3-20,29H,21H2,1-2H3,(H,32,36). The zero-order valence-electron chi connectivity index (χ0n) is 20.8. The maximum Gasteiger partial charge on any atom is 0.231 e. The van der Waals surface area contributed by atoms with Crippen LogP contribution in [0.3, 0.4) is 0 Å². The summed E-state index contributed by atoms with van der Waals surface area (Å²) in [5.41, 5.74) is 6.43. The van der Waals surface area contributed by atoms with Gasteiger partial charge in [-0.2, -0.15) is 0 Å². The van der Waals surface area contributed by atoms with Crippen molar-refractivity contribution in [2.24, 2.45) is 0 Å². The van der Waals surface area contributed by atoms with Gasteiger partial charge in [-0.1, -0.05) is 109 Å². The van der Waals surface area contributed by atoms with E-state index in [4.69, 9.17) is 0 Å². The van der Waals surface area contributed by atoms with Crippen LogP contribution in [0.4, 0.5) is 0 Å². The number of carbonyl (C=O) groups is 1. The van der Waals surface area contributed by atoms with Crippen molar-refractivity contribution in [3.8, 4) is 17.1 Å². The fourth-order valence-electron chi connectivity index (χ4n) is 4.22. The first kappa shape index (κ1) is 24.5. The molecule has 0 spiro atoms. The second kappa shape index (κ2) is 11.3. The lowest BCUT2D eigenvalue weighted by atomic mass is 9.99. The van der Waals surface area contributed by atoms with Gasteiger partial charge in [-0.05, 0) is 48.2 Å². The Morgan fingerprint density at radius 1 is 0.784 bits per heavy atom. The maximum atomic E-state index is 13.2. The first-order valence-electron chi connectivity index (χ1n) is 12.2. The number of benzene rings is 4. The van der Waals surface area contributed by atoms with Gasteiger partial charge in [0.1, 0.15) is 0 Å². The number of carbonyl (C=O) groups excluding carboxylic acids is 1. The molecule has 5 rings (SSSR count). The van der Waals surface area contributed by atoms with E-state index in [0.29, 0.717) is 5.16 Å². The molecular formula is C31H28N4OS. The third kappa shape index (κ3) is 5.65. The SMILES string of the molecule is Cc1ccc(-n2c(SCC(=O)NC(c3ccccc3)c3ccccc3)nnc2-c2ccccc2)cc1C. The molecule has 1 amide bonds. The number of nitrogens with zero attached hydrogens (tertiary/aromatic N) is 3. The third-order valence-corrected chi connectivity index (χ3v) is 7.25. The molecule has 1 aromatic heterocycles. The van der Waals surface area contributed by atoms with Crippen molar-refractivity contribution in [3.63, 3.8) is 0 Å². The summed E-state index contributed by atoms with van der Waals surface area (Å²) in [6, 6.07) is 36.1. The molecule has 0 aliphatic carbocycles. The minimum atomic E-state index is -0.229. The number of nitrogens with one attached hydrogen (secondary N) is 1. The van der Waals surface area contributed by atoms with Gasteiger partial charge in [0.2, 0.25) is 5.91 Å². The summed E-state index contributed by atoms with van der Waals surface area (Å²) in [5, 5.41) is 12.9. The van der Waals surface area contributed by atoms with Crippen molar-refractivity contribution in [3.05, 3.63) is 131 Å². The minimum Gasteiger partial charge on any atom is -0.344 e. The van der Waals surface area contributed by atoms with Gasteiger partial charge < -0.3 is 5.32 Å². The van der Waals surface area contributed by atoms with Gasteiger partial charge in [0.05, 0.1) is 17.5 Å². The molecule has 0 saturated heterocycles. The Kier molecular flexibility index (Phi) is 7.47. The van der Waals surface area contributed by atoms with Crippen molar-refractivity contribution >= 4 is 17.7 Å². The monoisotopic (exact) mass is 504 g/mol. The van der Waals surface area contributed by atoms with E-state index >= 15 is 0 Å². The van der Waals surface area contributed by atoms with E-state index < -0.39 is 0 Å². The predicted octanol–water partition coefficient (Wildman–Crippen LogP) is 6.55. The summed E-state index contributed by atoms with van der Waals surface area (Å²) in [6.07, 6.45) is 0. The van der Waals surface area contributed by atoms with Gasteiger partial charge in [0.15, 0.2) is 11.0 Å². The van der Waals surface area contributed by atoms with Crippen molar-refractivity contribution in [2.75, 3.05) is 5.75 Å². The van der Waals surface area contributed by atoms with Gasteiger partial charge in [0, 0.05) is 5.56 Å². The molecule has 0 bridgehead atoms. The number of aryl methyl sites for hydroxylation is 2. The molecule has 1 heterocycles. The Hall–Kier alpha value is -4.16. The minimum absolute atomic E-state index is 0.0707. The number of amides is 1. The topological polar surface area (TPSA) is 59.8 Å². The zero-order valence-corrected chi connectivity index (χ0v) is 21.7. The Balaban J connectivity index is 1.41. The lowest BCUT2D eigenvalue weighted by molar-refractivity contribution is -0.119. The van der Waals surface area contributed by atoms with Crippen molar-refractivity contribution < 1.29 is 4.79 Å². The molecule has 0 radical (unpaired) electrons. The highest BCUT2D eigenvalue weighted by Gasteiger charge is 2.20. The van der Waals surface area contributed by atoms with Crippen LogP contribution in [0.5, 0.6) is 0 Å². The summed E-state index contributed by atoms with van der Waals surface area (Å²) in [7, 11) is 0. The van der Waals surface area contributed by atoms with Crippen molar-refractivity contribution in [2.45, 2.75) is 25.0 Å². The predicted molar refractivity (Wildman–Crippen MR) is 150 cm³/mol. The maximum absolute atomic E-state index is 13.2. The van der Waals surface area contributed by atoms with Crippen LogP contribution in [0, 0.1) is 13.8 Å². The van der Waals surface area contributed by atoms with E-state index in [0.717, 1.165) is 28.2 Å². The smallest absolute Gasteiger partial charge is 0.231 e. The number of rotatable bonds is 8. The van der Waals surface area contributed by atoms with Crippen molar-refractivity contribution in [1.29, 1.82) is 0 Å². The van der Waals surface area contributed by atoms with E-state index in [-0.39, 0.29) is 17.7 Å². The average molecular weight is 505 g/mol. The van der Waals surface area contributed by atoms with Crippen LogP contribution in [0.25, 0.3) is 17.1 Å². The second-order valence-electron chi connectivity index (χ2n) is 8.89. The highest BCUT2D eigenvalue weighted by Crippen LogP contribution is 2.29. The molecule has 6 heteroatoms. The molecule has 0 atom stereocenters. The van der Waals surface area contributed by atoms with E-state index in [1.807, 2.05) is 95.6 Å². The fourth-order valence-corrected chi connectivity index (χ4v) is 4.98. The third-order valence-electron chi connectivity index (χ3n) is 6.32. The Bertz CT molecular complexity index is 1440. The molecule has 0 aliphatic heterocycles. The number of hydrogen-bond donors (Lipinski definition) is 1. The molecule has 0 unspecified atom stereocenters. The molecule has 0 aliphatic rings. The molecular weight excluding hydrogens is 476 g/mol. The Labute approximate surface area is 221 Å².